The van der Waals surface area contributed by atoms with Crippen LogP contribution in [0.3, 0.4) is 0 Å². The molecule has 0 aliphatic carbocycles. The summed E-state index contributed by atoms with van der Waals surface area (Å²) in [5, 5.41) is 18.4. The monoisotopic (exact) mass is 191 g/mol. The van der Waals surface area contributed by atoms with Crippen LogP contribution in [0.15, 0.2) is 0 Å². The second kappa shape index (κ2) is 3.09. The molecule has 0 aromatic heterocycles. The molecule has 0 aromatic carbocycles. The molecule has 13 heavy (non-hydrogen) atoms. The van der Waals surface area contributed by atoms with Crippen LogP contribution >= 0.6 is 0 Å². The third-order valence-electron chi connectivity index (χ3n) is 2.20. The van der Waals surface area contributed by atoms with Gasteiger partial charge in [0, 0.05) is 0 Å². The van der Waals surface area contributed by atoms with Gasteiger partial charge in [-0.25, -0.2) is 0 Å². The van der Waals surface area contributed by atoms with Crippen molar-refractivity contribution in [3.63, 3.8) is 0 Å². The molecule has 1 N–H and O–H groups in total. The predicted molar refractivity (Wildman–Crippen MR) is 37.4 cm³/mol. The number of hydrogen-bond donors (Lipinski definition) is 1. The lowest BCUT2D eigenvalue weighted by Gasteiger charge is -2.12. The lowest BCUT2D eigenvalue weighted by atomic mass is 10.1. The highest BCUT2D eigenvalue weighted by molar-refractivity contribution is 4.94. The molecule has 0 spiro atoms. The van der Waals surface area contributed by atoms with Crippen molar-refractivity contribution in [2.24, 2.45) is 0 Å². The molecule has 2 aliphatic rings. The molecule has 3 unspecified atom stereocenters. The largest absolute Gasteiger partial charge is 0.388 e. The van der Waals surface area contributed by atoms with Gasteiger partial charge in [0.2, 0.25) is 0 Å². The summed E-state index contributed by atoms with van der Waals surface area (Å²) >= 11 is 0. The molecular weight excluding hydrogens is 182 g/mol. The molecule has 2 heterocycles. The minimum Gasteiger partial charge on any atom is -0.388 e. The van der Waals surface area contributed by atoms with Crippen LogP contribution < -0.4 is 0 Å². The molecule has 4 atom stereocenters. The van der Waals surface area contributed by atoms with Gasteiger partial charge in [0.05, 0.1) is 13.2 Å². The topological polar surface area (TPSA) is 91.1 Å². The minimum atomic E-state index is -0.871. The van der Waals surface area contributed by atoms with Gasteiger partial charge in [-0.15, -0.1) is 10.1 Å². The smallest absolute Gasteiger partial charge is 0.294 e. The van der Waals surface area contributed by atoms with E-state index in [1.54, 1.807) is 0 Å². The zero-order chi connectivity index (χ0) is 9.42. The van der Waals surface area contributed by atoms with E-state index in [1.165, 1.54) is 0 Å². The van der Waals surface area contributed by atoms with Gasteiger partial charge in [-0.1, -0.05) is 0 Å². The molecule has 7 heteroatoms. The molecule has 0 aromatic rings. The average Bonchev–Trinajstić information content (AvgIpc) is 2.56. The van der Waals surface area contributed by atoms with E-state index in [0.717, 1.165) is 0 Å². The Hall–Kier alpha value is -0.920. The highest BCUT2D eigenvalue weighted by Crippen LogP contribution is 2.28. The first-order valence-corrected chi connectivity index (χ1v) is 3.91. The fourth-order valence-corrected chi connectivity index (χ4v) is 1.64. The molecular formula is C6H9NO6. The fraction of sp³-hybridized carbons (Fsp3) is 1.00. The van der Waals surface area contributed by atoms with Crippen molar-refractivity contribution in [1.29, 1.82) is 0 Å². The van der Waals surface area contributed by atoms with Crippen LogP contribution in [-0.4, -0.2) is 47.8 Å². The summed E-state index contributed by atoms with van der Waals surface area (Å²) in [7, 11) is 0. The van der Waals surface area contributed by atoms with E-state index < -0.39 is 29.5 Å². The predicted octanol–water partition coefficient (Wildman–Crippen LogP) is -1.28. The molecule has 0 saturated carbocycles. The number of nitrogens with zero attached hydrogens (tertiary/aromatic N) is 1. The standard InChI is InChI=1S/C6H9NO6/c8-3-1-11-6-4(13-7(9)10)2-12-5(3)6/h3-6,8H,1-2H2/t3?,4?,5?,6-/m1/s1. The lowest BCUT2D eigenvalue weighted by Crippen LogP contribution is -2.33. The quantitative estimate of drug-likeness (QED) is 0.432. The summed E-state index contributed by atoms with van der Waals surface area (Å²) in [4.78, 5) is 14.4. The van der Waals surface area contributed by atoms with E-state index in [4.69, 9.17) is 9.47 Å². The van der Waals surface area contributed by atoms with Crippen LogP contribution in [0.25, 0.3) is 0 Å². The summed E-state index contributed by atoms with van der Waals surface area (Å²) in [6, 6.07) is 0. The van der Waals surface area contributed by atoms with Crippen LogP contribution in [0.1, 0.15) is 0 Å². The fourth-order valence-electron chi connectivity index (χ4n) is 1.64. The number of ether oxygens (including phenoxy) is 2. The third kappa shape index (κ3) is 1.45. The van der Waals surface area contributed by atoms with E-state index >= 15 is 0 Å². The van der Waals surface area contributed by atoms with Crippen molar-refractivity contribution in [1.82, 2.24) is 0 Å². The third-order valence-corrected chi connectivity index (χ3v) is 2.20. The first-order chi connectivity index (χ1) is 6.18. The van der Waals surface area contributed by atoms with E-state index in [9.17, 15) is 15.2 Å². The minimum absolute atomic E-state index is 0.0906. The summed E-state index contributed by atoms with van der Waals surface area (Å²) in [5.41, 5.74) is 0. The molecule has 2 fully saturated rings. The van der Waals surface area contributed by atoms with Crippen molar-refractivity contribution in [2.45, 2.75) is 24.4 Å². The number of aliphatic hydroxyl groups excluding tert-OH is 1. The molecule has 74 valence electrons. The van der Waals surface area contributed by atoms with Crippen molar-refractivity contribution < 1.29 is 24.5 Å². The number of fused-ring (bicyclic) bond motifs is 1. The number of aliphatic hydroxyl groups is 1. The number of rotatable bonds is 2. The van der Waals surface area contributed by atoms with Gasteiger partial charge in [-0.05, 0) is 0 Å². The lowest BCUT2D eigenvalue weighted by molar-refractivity contribution is -0.769. The summed E-state index contributed by atoms with van der Waals surface area (Å²) in [6.07, 6.45) is -2.41. The Kier molecular flexibility index (Phi) is 2.06. The van der Waals surface area contributed by atoms with Crippen LogP contribution in [-0.2, 0) is 14.3 Å². The van der Waals surface area contributed by atoms with Crippen LogP contribution in [0, 0.1) is 10.1 Å². The second-order valence-electron chi connectivity index (χ2n) is 3.03. The zero-order valence-electron chi connectivity index (χ0n) is 6.66. The summed E-state index contributed by atoms with van der Waals surface area (Å²) in [5.74, 6) is 0. The average molecular weight is 191 g/mol. The van der Waals surface area contributed by atoms with Crippen molar-refractivity contribution in [2.75, 3.05) is 13.2 Å². The Morgan fingerprint density at radius 2 is 2.08 bits per heavy atom. The van der Waals surface area contributed by atoms with Gasteiger partial charge >= 0.3 is 0 Å². The molecule has 0 amide bonds. The van der Waals surface area contributed by atoms with Gasteiger partial charge in [0.15, 0.2) is 6.10 Å². The Labute approximate surface area is 73.3 Å². The van der Waals surface area contributed by atoms with E-state index in [2.05, 4.69) is 4.84 Å². The van der Waals surface area contributed by atoms with Crippen LogP contribution in [0.2, 0.25) is 0 Å². The van der Waals surface area contributed by atoms with Gasteiger partial charge in [-0.2, -0.15) is 0 Å². The second-order valence-corrected chi connectivity index (χ2v) is 3.03. The molecule has 7 nitrogen and oxygen atoms in total. The Morgan fingerprint density at radius 3 is 2.77 bits per heavy atom. The molecule has 0 bridgehead atoms. The highest BCUT2D eigenvalue weighted by atomic mass is 17.0. The maximum absolute atomic E-state index is 10.0. The summed E-state index contributed by atoms with van der Waals surface area (Å²) < 4.78 is 10.2. The maximum atomic E-state index is 10.0. The Bertz CT molecular complexity index is 221. The Balaban J connectivity index is 1.98. The molecule has 2 aliphatic heterocycles. The van der Waals surface area contributed by atoms with Crippen molar-refractivity contribution in [3.05, 3.63) is 10.1 Å². The van der Waals surface area contributed by atoms with Gasteiger partial charge in [0.25, 0.3) is 5.09 Å². The normalized spacial score (nSPS) is 43.2. The van der Waals surface area contributed by atoms with E-state index in [1.807, 2.05) is 0 Å². The first kappa shape index (κ1) is 8.67. The molecule has 2 saturated heterocycles. The number of hydrogen-bond acceptors (Lipinski definition) is 6. The molecule has 2 rings (SSSR count). The highest BCUT2D eigenvalue weighted by Gasteiger charge is 2.48. The maximum Gasteiger partial charge on any atom is 0.294 e. The van der Waals surface area contributed by atoms with Crippen molar-refractivity contribution >= 4 is 0 Å². The SMILES string of the molecule is O=[N+]([O-])OC1COC2C(O)CO[C@H]12. The van der Waals surface area contributed by atoms with Crippen molar-refractivity contribution in [3.8, 4) is 0 Å². The molecule has 0 radical (unpaired) electrons. The zero-order valence-corrected chi connectivity index (χ0v) is 6.66. The van der Waals surface area contributed by atoms with Gasteiger partial charge in [0.1, 0.15) is 18.3 Å². The van der Waals surface area contributed by atoms with E-state index in [-0.39, 0.29) is 13.2 Å². The Morgan fingerprint density at radius 1 is 1.38 bits per heavy atom. The van der Waals surface area contributed by atoms with Crippen LogP contribution in [0.4, 0.5) is 0 Å². The van der Waals surface area contributed by atoms with Gasteiger partial charge < -0.3 is 19.4 Å². The van der Waals surface area contributed by atoms with Crippen LogP contribution in [0.5, 0.6) is 0 Å². The van der Waals surface area contributed by atoms with E-state index in [0.29, 0.717) is 0 Å². The van der Waals surface area contributed by atoms with Gasteiger partial charge in [-0.3, -0.25) is 0 Å². The summed E-state index contributed by atoms with van der Waals surface area (Å²) in [6.45, 7) is 0.236. The first-order valence-electron chi connectivity index (χ1n) is 3.91.